The van der Waals surface area contributed by atoms with Gasteiger partial charge in [0.1, 0.15) is 10.9 Å². The molecule has 0 aliphatic heterocycles. The van der Waals surface area contributed by atoms with Crippen molar-refractivity contribution in [3.8, 4) is 11.4 Å². The molecule has 0 fully saturated rings. The summed E-state index contributed by atoms with van der Waals surface area (Å²) in [7, 11) is 1.64. The van der Waals surface area contributed by atoms with E-state index in [1.165, 1.54) is 0 Å². The molecule has 0 aliphatic rings. The fourth-order valence-corrected chi connectivity index (χ4v) is 2.73. The maximum atomic E-state index is 6.42. The molecule has 2 aromatic rings. The van der Waals surface area contributed by atoms with E-state index >= 15 is 0 Å². The SMILES string of the molecule is COc1cccc(-n2nc(CC(C)C)c(CCl)c2Cl)c1. The highest BCUT2D eigenvalue weighted by atomic mass is 35.5. The number of nitrogens with zero attached hydrogens (tertiary/aromatic N) is 2. The Hall–Kier alpha value is -1.19. The van der Waals surface area contributed by atoms with Gasteiger partial charge >= 0.3 is 0 Å². The second-order valence-electron chi connectivity index (χ2n) is 5.06. The molecule has 2 rings (SSSR count). The van der Waals surface area contributed by atoms with E-state index in [2.05, 4.69) is 18.9 Å². The van der Waals surface area contributed by atoms with Crippen LogP contribution in [0.2, 0.25) is 5.15 Å². The minimum Gasteiger partial charge on any atom is -0.497 e. The van der Waals surface area contributed by atoms with Gasteiger partial charge in [-0.25, -0.2) is 4.68 Å². The van der Waals surface area contributed by atoms with Crippen molar-refractivity contribution >= 4 is 23.2 Å². The van der Waals surface area contributed by atoms with E-state index in [0.717, 1.165) is 29.1 Å². The fourth-order valence-electron chi connectivity index (χ4n) is 2.07. The Kier molecular flexibility index (Phi) is 4.95. The van der Waals surface area contributed by atoms with E-state index < -0.39 is 0 Å². The number of aromatic nitrogens is 2. The Balaban J connectivity index is 2.48. The molecule has 0 saturated carbocycles. The summed E-state index contributed by atoms with van der Waals surface area (Å²) in [6.45, 7) is 4.30. The second-order valence-corrected chi connectivity index (χ2v) is 5.69. The number of benzene rings is 1. The van der Waals surface area contributed by atoms with Gasteiger partial charge in [-0.3, -0.25) is 0 Å². The highest BCUT2D eigenvalue weighted by Crippen LogP contribution is 2.28. The molecule has 5 heteroatoms. The van der Waals surface area contributed by atoms with Crippen molar-refractivity contribution in [2.45, 2.75) is 26.1 Å². The Morgan fingerprint density at radius 1 is 1.35 bits per heavy atom. The number of hydrogen-bond donors (Lipinski definition) is 0. The average molecular weight is 313 g/mol. The molecule has 0 saturated heterocycles. The maximum Gasteiger partial charge on any atom is 0.137 e. The minimum absolute atomic E-state index is 0.366. The first kappa shape index (κ1) is 15.2. The summed E-state index contributed by atoms with van der Waals surface area (Å²) < 4.78 is 6.96. The van der Waals surface area contributed by atoms with Gasteiger partial charge in [-0.15, -0.1) is 11.6 Å². The molecule has 20 heavy (non-hydrogen) atoms. The average Bonchev–Trinajstić information content (AvgIpc) is 2.74. The molecule has 3 nitrogen and oxygen atoms in total. The van der Waals surface area contributed by atoms with Crippen LogP contribution in [-0.4, -0.2) is 16.9 Å². The molecule has 1 aromatic heterocycles. The van der Waals surface area contributed by atoms with E-state index in [1.54, 1.807) is 11.8 Å². The zero-order chi connectivity index (χ0) is 14.7. The lowest BCUT2D eigenvalue weighted by Gasteiger charge is -2.05. The molecule has 0 N–H and O–H groups in total. The van der Waals surface area contributed by atoms with Crippen LogP contribution in [0.5, 0.6) is 5.75 Å². The van der Waals surface area contributed by atoms with E-state index in [9.17, 15) is 0 Å². The topological polar surface area (TPSA) is 27.1 Å². The van der Waals surface area contributed by atoms with Crippen LogP contribution in [0, 0.1) is 5.92 Å². The van der Waals surface area contributed by atoms with Crippen molar-refractivity contribution in [3.63, 3.8) is 0 Å². The van der Waals surface area contributed by atoms with Gasteiger partial charge in [-0.2, -0.15) is 5.10 Å². The standard InChI is InChI=1S/C15H18Cl2N2O/c1-10(2)7-14-13(9-16)15(17)19(18-14)11-5-4-6-12(8-11)20-3/h4-6,8,10H,7,9H2,1-3H3. The summed E-state index contributed by atoms with van der Waals surface area (Å²) in [6, 6.07) is 7.64. The highest BCUT2D eigenvalue weighted by Gasteiger charge is 2.17. The fraction of sp³-hybridized carbons (Fsp3) is 0.400. The number of methoxy groups -OCH3 is 1. The van der Waals surface area contributed by atoms with Crippen LogP contribution in [0.4, 0.5) is 0 Å². The summed E-state index contributed by atoms with van der Waals surface area (Å²) in [5.74, 6) is 1.64. The maximum absolute atomic E-state index is 6.42. The van der Waals surface area contributed by atoms with E-state index in [0.29, 0.717) is 17.0 Å². The number of hydrogen-bond acceptors (Lipinski definition) is 2. The van der Waals surface area contributed by atoms with Gasteiger partial charge in [0.25, 0.3) is 0 Å². The molecule has 1 heterocycles. The molecule has 0 atom stereocenters. The zero-order valence-electron chi connectivity index (χ0n) is 11.9. The lowest BCUT2D eigenvalue weighted by molar-refractivity contribution is 0.414. The lowest BCUT2D eigenvalue weighted by Crippen LogP contribution is -2.00. The van der Waals surface area contributed by atoms with Gasteiger partial charge in [0.05, 0.1) is 24.4 Å². The number of rotatable bonds is 5. The highest BCUT2D eigenvalue weighted by molar-refractivity contribution is 6.31. The van der Waals surface area contributed by atoms with Crippen LogP contribution < -0.4 is 4.74 Å². The third kappa shape index (κ3) is 3.10. The van der Waals surface area contributed by atoms with Crippen molar-refractivity contribution in [1.29, 1.82) is 0 Å². The smallest absolute Gasteiger partial charge is 0.137 e. The summed E-state index contributed by atoms with van der Waals surface area (Å²) in [5.41, 5.74) is 2.74. The largest absolute Gasteiger partial charge is 0.497 e. The quantitative estimate of drug-likeness (QED) is 0.761. The molecule has 1 aromatic carbocycles. The van der Waals surface area contributed by atoms with Crippen molar-refractivity contribution in [1.82, 2.24) is 9.78 Å². The molecular weight excluding hydrogens is 295 g/mol. The lowest BCUT2D eigenvalue weighted by atomic mass is 10.1. The van der Waals surface area contributed by atoms with Crippen LogP contribution in [0.1, 0.15) is 25.1 Å². The second kappa shape index (κ2) is 6.51. The normalized spacial score (nSPS) is 11.1. The van der Waals surface area contributed by atoms with Crippen molar-refractivity contribution in [3.05, 3.63) is 40.7 Å². The van der Waals surface area contributed by atoms with Gasteiger partial charge in [0, 0.05) is 11.6 Å². The Labute approximate surface area is 129 Å². The zero-order valence-corrected chi connectivity index (χ0v) is 13.4. The van der Waals surface area contributed by atoms with Gasteiger partial charge in [0.15, 0.2) is 0 Å². The van der Waals surface area contributed by atoms with E-state index in [4.69, 9.17) is 27.9 Å². The third-order valence-corrected chi connectivity index (χ3v) is 3.69. The summed E-state index contributed by atoms with van der Waals surface area (Å²) in [6.07, 6.45) is 0.860. The van der Waals surface area contributed by atoms with E-state index in [1.807, 2.05) is 24.3 Å². The molecule has 108 valence electrons. The first-order valence-corrected chi connectivity index (χ1v) is 7.44. The number of halogens is 2. The van der Waals surface area contributed by atoms with Crippen LogP contribution in [-0.2, 0) is 12.3 Å². The van der Waals surface area contributed by atoms with Gasteiger partial charge < -0.3 is 4.74 Å². The van der Waals surface area contributed by atoms with Crippen LogP contribution in [0.25, 0.3) is 5.69 Å². The summed E-state index contributed by atoms with van der Waals surface area (Å²) >= 11 is 12.4. The molecule has 0 aliphatic carbocycles. The molecule has 0 amide bonds. The Bertz CT molecular complexity index is 594. The van der Waals surface area contributed by atoms with Crippen LogP contribution >= 0.6 is 23.2 Å². The first-order chi connectivity index (χ1) is 9.56. The molecule has 0 radical (unpaired) electrons. The molecule has 0 unspecified atom stereocenters. The predicted octanol–water partition coefficient (Wildman–Crippen LogP) is 4.47. The minimum atomic E-state index is 0.366. The Morgan fingerprint density at radius 3 is 2.70 bits per heavy atom. The third-order valence-electron chi connectivity index (χ3n) is 3.04. The van der Waals surface area contributed by atoms with Gasteiger partial charge in [0.2, 0.25) is 0 Å². The van der Waals surface area contributed by atoms with Crippen molar-refractivity contribution in [2.24, 2.45) is 5.92 Å². The van der Waals surface area contributed by atoms with Crippen molar-refractivity contribution in [2.75, 3.05) is 7.11 Å². The van der Waals surface area contributed by atoms with E-state index in [-0.39, 0.29) is 0 Å². The van der Waals surface area contributed by atoms with Gasteiger partial charge in [-0.1, -0.05) is 31.5 Å². The van der Waals surface area contributed by atoms with Gasteiger partial charge in [-0.05, 0) is 24.5 Å². The predicted molar refractivity (Wildman–Crippen MR) is 83.2 cm³/mol. The van der Waals surface area contributed by atoms with Crippen LogP contribution in [0.3, 0.4) is 0 Å². The molecule has 0 spiro atoms. The summed E-state index contributed by atoms with van der Waals surface area (Å²) in [5, 5.41) is 5.18. The molecular formula is C15H18Cl2N2O. The number of ether oxygens (including phenoxy) is 1. The Morgan fingerprint density at radius 2 is 2.10 bits per heavy atom. The molecule has 0 bridgehead atoms. The number of alkyl halides is 1. The monoisotopic (exact) mass is 312 g/mol. The first-order valence-electron chi connectivity index (χ1n) is 6.53. The summed E-state index contributed by atoms with van der Waals surface area (Å²) in [4.78, 5) is 0. The van der Waals surface area contributed by atoms with Crippen molar-refractivity contribution < 1.29 is 4.74 Å². The van der Waals surface area contributed by atoms with Crippen LogP contribution in [0.15, 0.2) is 24.3 Å².